The molecule has 0 radical (unpaired) electrons. The van der Waals surface area contributed by atoms with Gasteiger partial charge in [0.15, 0.2) is 0 Å². The molecular weight excluding hydrogens is 386 g/mol. The predicted octanol–water partition coefficient (Wildman–Crippen LogP) is 4.59. The van der Waals surface area contributed by atoms with Gasteiger partial charge in [-0.3, -0.25) is 4.79 Å². The number of amides is 1. The summed E-state index contributed by atoms with van der Waals surface area (Å²) in [7, 11) is 0. The zero-order chi connectivity index (χ0) is 21.9. The summed E-state index contributed by atoms with van der Waals surface area (Å²) in [6.45, 7) is 3.45. The highest BCUT2D eigenvalue weighted by atomic mass is 16.3. The molecule has 31 heavy (non-hydrogen) atoms. The first-order valence-electron chi connectivity index (χ1n) is 10.7. The van der Waals surface area contributed by atoms with Crippen LogP contribution in [0.4, 0.5) is 5.82 Å². The normalized spacial score (nSPS) is 21.0. The van der Waals surface area contributed by atoms with Crippen molar-refractivity contribution in [1.29, 1.82) is 5.26 Å². The Labute approximate surface area is 181 Å². The monoisotopic (exact) mass is 411 g/mol. The summed E-state index contributed by atoms with van der Waals surface area (Å²) in [5.74, 6) is 0.333. The first-order valence-corrected chi connectivity index (χ1v) is 10.7. The summed E-state index contributed by atoms with van der Waals surface area (Å²) in [5, 5.41) is 24.8. The van der Waals surface area contributed by atoms with Crippen molar-refractivity contribution in [3.05, 3.63) is 71.4 Å². The molecule has 2 fully saturated rings. The average Bonchev–Trinajstić information content (AvgIpc) is 3.65. The lowest BCUT2D eigenvalue weighted by Gasteiger charge is -2.18. The second kappa shape index (κ2) is 6.63. The highest BCUT2D eigenvalue weighted by molar-refractivity contribution is 5.94. The molecule has 0 bridgehead atoms. The van der Waals surface area contributed by atoms with Crippen molar-refractivity contribution in [1.82, 2.24) is 4.98 Å². The van der Waals surface area contributed by atoms with Crippen molar-refractivity contribution in [3.63, 3.8) is 0 Å². The van der Waals surface area contributed by atoms with Crippen LogP contribution in [0.1, 0.15) is 49.8 Å². The van der Waals surface area contributed by atoms with Crippen LogP contribution < -0.4 is 5.32 Å². The molecule has 1 spiro atoms. The van der Waals surface area contributed by atoms with Gasteiger partial charge in [-0.2, -0.15) is 5.26 Å². The maximum Gasteiger partial charge on any atom is 0.229 e. The Morgan fingerprint density at radius 2 is 2.00 bits per heavy atom. The molecule has 0 aliphatic heterocycles. The van der Waals surface area contributed by atoms with Gasteiger partial charge in [0.2, 0.25) is 5.91 Å². The predicted molar refractivity (Wildman–Crippen MR) is 119 cm³/mol. The Bertz CT molecular complexity index is 1250. The van der Waals surface area contributed by atoms with Crippen molar-refractivity contribution in [2.24, 2.45) is 5.41 Å². The van der Waals surface area contributed by atoms with Crippen LogP contribution in [0.25, 0.3) is 10.8 Å². The van der Waals surface area contributed by atoms with Gasteiger partial charge >= 0.3 is 0 Å². The molecule has 1 heterocycles. The largest absolute Gasteiger partial charge is 0.386 e. The van der Waals surface area contributed by atoms with E-state index in [0.717, 1.165) is 46.7 Å². The fraction of sp³-hybridized carbons (Fsp3) is 0.346. The van der Waals surface area contributed by atoms with E-state index >= 15 is 0 Å². The van der Waals surface area contributed by atoms with Crippen molar-refractivity contribution in [2.45, 2.75) is 50.5 Å². The third kappa shape index (κ3) is 3.37. The van der Waals surface area contributed by atoms with Crippen LogP contribution in [-0.4, -0.2) is 16.0 Å². The lowest BCUT2D eigenvalue weighted by molar-refractivity contribution is -0.115. The Morgan fingerprint density at radius 1 is 1.19 bits per heavy atom. The average molecular weight is 412 g/mol. The number of anilines is 1. The van der Waals surface area contributed by atoms with Gasteiger partial charge in [-0.05, 0) is 72.7 Å². The topological polar surface area (TPSA) is 86.0 Å². The molecule has 1 amide bonds. The first-order chi connectivity index (χ1) is 14.7. The van der Waals surface area contributed by atoms with E-state index in [2.05, 4.69) is 22.4 Å². The number of nitrogens with zero attached hydrogens (tertiary/aromatic N) is 2. The highest BCUT2D eigenvalue weighted by Crippen LogP contribution is 2.78. The van der Waals surface area contributed by atoms with Gasteiger partial charge in [0.1, 0.15) is 5.82 Å². The number of aromatic nitrogens is 1. The number of rotatable bonds is 5. The van der Waals surface area contributed by atoms with Crippen molar-refractivity contribution >= 4 is 22.5 Å². The summed E-state index contributed by atoms with van der Waals surface area (Å²) in [4.78, 5) is 17.0. The van der Waals surface area contributed by atoms with E-state index in [1.54, 1.807) is 20.0 Å². The van der Waals surface area contributed by atoms with E-state index in [-0.39, 0.29) is 23.2 Å². The summed E-state index contributed by atoms with van der Waals surface area (Å²) >= 11 is 0. The number of benzene rings is 2. The molecule has 2 aliphatic rings. The van der Waals surface area contributed by atoms with Gasteiger partial charge in [-0.15, -0.1) is 0 Å². The lowest BCUT2D eigenvalue weighted by Crippen LogP contribution is -2.18. The lowest BCUT2D eigenvalue weighted by atomic mass is 9.92. The quantitative estimate of drug-likeness (QED) is 0.643. The Balaban J connectivity index is 1.35. The first kappa shape index (κ1) is 19.7. The smallest absolute Gasteiger partial charge is 0.229 e. The van der Waals surface area contributed by atoms with E-state index in [9.17, 15) is 15.2 Å². The van der Waals surface area contributed by atoms with Gasteiger partial charge in [0, 0.05) is 11.6 Å². The van der Waals surface area contributed by atoms with Gasteiger partial charge < -0.3 is 10.4 Å². The second-order valence-corrected chi connectivity index (χ2v) is 9.59. The third-order valence-electron chi connectivity index (χ3n) is 6.91. The standard InChI is InChI=1S/C26H25N3O2/c1-24(2,31)20-5-3-4-17(10-20)11-23(30)29-22-13-19-12-21(7-6-18(19)14-28-22)26(16-27)15-25(26)8-9-25/h3-7,10,12-14,31H,8-9,11,15H2,1-2H3,(H,28,29,30)/t26-/m0/s1. The highest BCUT2D eigenvalue weighted by Gasteiger charge is 2.75. The van der Waals surface area contributed by atoms with E-state index in [1.165, 1.54) is 0 Å². The second-order valence-electron chi connectivity index (χ2n) is 9.59. The number of hydrogen-bond acceptors (Lipinski definition) is 4. The molecule has 2 aromatic carbocycles. The van der Waals surface area contributed by atoms with Gasteiger partial charge in [0.05, 0.1) is 23.5 Å². The van der Waals surface area contributed by atoms with Gasteiger partial charge in [0.25, 0.3) is 0 Å². The molecule has 2 saturated carbocycles. The number of fused-ring (bicyclic) bond motifs is 1. The molecule has 1 aromatic heterocycles. The minimum absolute atomic E-state index is 0.163. The van der Waals surface area contributed by atoms with Crippen LogP contribution in [0.2, 0.25) is 0 Å². The molecule has 2 N–H and O–H groups in total. The van der Waals surface area contributed by atoms with Crippen LogP contribution in [0, 0.1) is 16.7 Å². The number of nitriles is 1. The summed E-state index contributed by atoms with van der Waals surface area (Å²) < 4.78 is 0. The van der Waals surface area contributed by atoms with Crippen molar-refractivity contribution < 1.29 is 9.90 Å². The molecule has 5 heteroatoms. The fourth-order valence-electron chi connectivity index (χ4n) is 4.76. The van der Waals surface area contributed by atoms with Crippen molar-refractivity contribution in [3.8, 4) is 6.07 Å². The number of carbonyl (C=O) groups is 1. The minimum Gasteiger partial charge on any atom is -0.386 e. The molecule has 0 saturated heterocycles. The number of aliphatic hydroxyl groups is 1. The van der Waals surface area contributed by atoms with E-state index in [4.69, 9.17) is 0 Å². The Hall–Kier alpha value is -3.23. The summed E-state index contributed by atoms with van der Waals surface area (Å²) in [5.41, 5.74) is 1.61. The zero-order valence-corrected chi connectivity index (χ0v) is 17.8. The van der Waals surface area contributed by atoms with E-state index < -0.39 is 5.60 Å². The fourth-order valence-corrected chi connectivity index (χ4v) is 4.76. The summed E-state index contributed by atoms with van der Waals surface area (Å²) in [6.07, 6.45) is 5.20. The van der Waals surface area contributed by atoms with Gasteiger partial charge in [-0.1, -0.05) is 36.4 Å². The molecule has 0 unspecified atom stereocenters. The van der Waals surface area contributed by atoms with Gasteiger partial charge in [-0.25, -0.2) is 4.98 Å². The molecule has 1 atom stereocenters. The molecule has 5 nitrogen and oxygen atoms in total. The zero-order valence-electron chi connectivity index (χ0n) is 17.8. The van der Waals surface area contributed by atoms with Crippen molar-refractivity contribution in [2.75, 3.05) is 5.32 Å². The SMILES string of the molecule is CC(C)(O)c1cccc(CC(=O)Nc2cc3cc([C@@]4(C#N)CC45CC5)ccc3cn2)c1. The van der Waals surface area contributed by atoms with Crippen LogP contribution in [0.3, 0.4) is 0 Å². The maximum absolute atomic E-state index is 12.6. The maximum atomic E-state index is 12.6. The van der Waals surface area contributed by atoms with E-state index in [0.29, 0.717) is 5.82 Å². The Kier molecular flexibility index (Phi) is 4.22. The molecular formula is C26H25N3O2. The number of pyridine rings is 1. The Morgan fingerprint density at radius 3 is 2.68 bits per heavy atom. The van der Waals surface area contributed by atoms with Crippen LogP contribution in [-0.2, 0) is 22.2 Å². The number of carbonyl (C=O) groups excluding carboxylic acids is 1. The third-order valence-corrected chi connectivity index (χ3v) is 6.91. The summed E-state index contributed by atoms with van der Waals surface area (Å²) in [6, 6.07) is 18.0. The molecule has 156 valence electrons. The minimum atomic E-state index is -0.953. The number of hydrogen-bond donors (Lipinski definition) is 2. The molecule has 2 aliphatic carbocycles. The number of nitrogens with one attached hydrogen (secondary N) is 1. The van der Waals surface area contributed by atoms with Crippen LogP contribution in [0.5, 0.6) is 0 Å². The molecule has 5 rings (SSSR count). The van der Waals surface area contributed by atoms with Crippen LogP contribution in [0.15, 0.2) is 54.7 Å². The molecule has 3 aromatic rings. The van der Waals surface area contributed by atoms with E-state index in [1.807, 2.05) is 42.5 Å². The van der Waals surface area contributed by atoms with Crippen LogP contribution >= 0.6 is 0 Å².